The van der Waals surface area contributed by atoms with Crippen molar-refractivity contribution in [2.24, 2.45) is 0 Å². The third kappa shape index (κ3) is 6.35. The van der Waals surface area contributed by atoms with E-state index in [-0.39, 0.29) is 36.9 Å². The van der Waals surface area contributed by atoms with Crippen molar-refractivity contribution in [3.63, 3.8) is 0 Å². The summed E-state index contributed by atoms with van der Waals surface area (Å²) in [6.07, 6.45) is -0.586. The highest BCUT2D eigenvalue weighted by Crippen LogP contribution is 2.36. The van der Waals surface area contributed by atoms with Crippen LogP contribution in [-0.2, 0) is 25.9 Å². The number of alkyl halides is 3. The van der Waals surface area contributed by atoms with Crippen molar-refractivity contribution in [3.8, 4) is 11.5 Å². The Morgan fingerprint density at radius 1 is 1.16 bits per heavy atom. The van der Waals surface area contributed by atoms with Gasteiger partial charge in [0.25, 0.3) is 0 Å². The number of H-pyrrole nitrogens is 1. The number of fused-ring (bicyclic) bond motifs is 2. The number of hydrogen-bond acceptors (Lipinski definition) is 7. The number of piperazine rings is 1. The number of carbonyl (C=O) groups is 1. The molecule has 6 rings (SSSR count). The van der Waals surface area contributed by atoms with Gasteiger partial charge in [0, 0.05) is 69.3 Å². The zero-order valence-electron chi connectivity index (χ0n) is 24.2. The van der Waals surface area contributed by atoms with Gasteiger partial charge in [-0.1, -0.05) is 13.0 Å². The van der Waals surface area contributed by atoms with E-state index in [4.69, 9.17) is 4.74 Å². The molecule has 1 fully saturated rings. The minimum Gasteiger partial charge on any atom is -0.455 e. The number of hydrogen-bond donors (Lipinski definition) is 4. The van der Waals surface area contributed by atoms with Crippen LogP contribution in [0.1, 0.15) is 47.3 Å². The van der Waals surface area contributed by atoms with Crippen LogP contribution in [0.25, 0.3) is 11.0 Å². The highest BCUT2D eigenvalue weighted by Gasteiger charge is 2.35. The lowest BCUT2D eigenvalue weighted by Crippen LogP contribution is -2.43. The van der Waals surface area contributed by atoms with Crippen molar-refractivity contribution in [3.05, 3.63) is 76.9 Å². The van der Waals surface area contributed by atoms with E-state index in [1.165, 1.54) is 12.1 Å². The lowest BCUT2D eigenvalue weighted by Gasteiger charge is -2.34. The first kappa shape index (κ1) is 29.9. The van der Waals surface area contributed by atoms with Crippen molar-refractivity contribution >= 4 is 22.8 Å². The van der Waals surface area contributed by atoms with E-state index in [0.29, 0.717) is 47.9 Å². The Balaban J connectivity index is 1.20. The van der Waals surface area contributed by atoms with Crippen LogP contribution in [-0.4, -0.2) is 68.6 Å². The predicted molar refractivity (Wildman–Crippen MR) is 158 cm³/mol. The van der Waals surface area contributed by atoms with Crippen LogP contribution in [0, 0.1) is 0 Å². The van der Waals surface area contributed by atoms with Gasteiger partial charge in [0.15, 0.2) is 0 Å². The summed E-state index contributed by atoms with van der Waals surface area (Å²) in [5.74, 6) is 0.955. The molecule has 2 aliphatic rings. The van der Waals surface area contributed by atoms with Gasteiger partial charge >= 0.3 is 12.2 Å². The van der Waals surface area contributed by atoms with Gasteiger partial charge < -0.3 is 30.4 Å². The largest absolute Gasteiger partial charge is 0.455 e. The number of aromatic nitrogens is 3. The topological polar surface area (TPSA) is 119 Å². The van der Waals surface area contributed by atoms with Crippen molar-refractivity contribution < 1.29 is 27.8 Å². The van der Waals surface area contributed by atoms with Crippen LogP contribution in [0.2, 0.25) is 0 Å². The number of halogens is 3. The highest BCUT2D eigenvalue weighted by molar-refractivity contribution is 5.89. The number of aliphatic hydroxyl groups is 1. The lowest BCUT2D eigenvalue weighted by atomic mass is 9.92. The molecule has 0 aliphatic carbocycles. The number of benzene rings is 1. The Bertz CT molecular complexity index is 1650. The molecule has 4 N–H and O–H groups in total. The molecule has 3 aromatic heterocycles. The molecule has 10 nitrogen and oxygen atoms in total. The molecule has 0 bridgehead atoms. The molecule has 2 aliphatic heterocycles. The minimum atomic E-state index is -4.55. The second-order valence-corrected chi connectivity index (χ2v) is 11.2. The second kappa shape index (κ2) is 12.4. The third-order valence-corrected chi connectivity index (χ3v) is 8.16. The van der Waals surface area contributed by atoms with Crippen LogP contribution >= 0.6 is 0 Å². The van der Waals surface area contributed by atoms with Crippen LogP contribution in [0.3, 0.4) is 0 Å². The van der Waals surface area contributed by atoms with Gasteiger partial charge in [-0.3, -0.25) is 9.88 Å². The molecule has 232 valence electrons. The molecule has 5 heterocycles. The Morgan fingerprint density at radius 2 is 1.98 bits per heavy atom. The van der Waals surface area contributed by atoms with Gasteiger partial charge in [-0.25, -0.2) is 9.78 Å². The van der Waals surface area contributed by atoms with Gasteiger partial charge in [0.2, 0.25) is 0 Å². The normalized spacial score (nSPS) is 17.5. The van der Waals surface area contributed by atoms with E-state index in [1.54, 1.807) is 29.4 Å². The number of urea groups is 1. The van der Waals surface area contributed by atoms with Crippen LogP contribution in [0.15, 0.2) is 48.8 Å². The fourth-order valence-corrected chi connectivity index (χ4v) is 5.88. The summed E-state index contributed by atoms with van der Waals surface area (Å²) in [6.45, 7) is 5.48. The number of amides is 2. The summed E-state index contributed by atoms with van der Waals surface area (Å²) < 4.78 is 48.3. The third-order valence-electron chi connectivity index (χ3n) is 8.16. The molecule has 1 aromatic carbocycles. The first-order valence-electron chi connectivity index (χ1n) is 14.6. The lowest BCUT2D eigenvalue weighted by molar-refractivity contribution is -0.138. The molecule has 0 unspecified atom stereocenters. The molecule has 2 amide bonds. The average Bonchev–Trinajstić information content (AvgIpc) is 3.46. The fraction of sp³-hybridized carbons (Fsp3) is 0.387. The molecule has 1 atom stereocenters. The molecule has 4 aromatic rings. The van der Waals surface area contributed by atoms with Gasteiger partial charge in [-0.15, -0.1) is 0 Å². The molecule has 0 radical (unpaired) electrons. The van der Waals surface area contributed by atoms with Crippen LogP contribution < -0.4 is 15.4 Å². The summed E-state index contributed by atoms with van der Waals surface area (Å²) in [5.41, 5.74) is 2.39. The van der Waals surface area contributed by atoms with Gasteiger partial charge in [-0.2, -0.15) is 13.2 Å². The summed E-state index contributed by atoms with van der Waals surface area (Å²) >= 11 is 0. The number of pyridine rings is 2. The maximum absolute atomic E-state index is 14.0. The minimum absolute atomic E-state index is 0.0462. The zero-order valence-corrected chi connectivity index (χ0v) is 24.2. The van der Waals surface area contributed by atoms with E-state index in [1.807, 2.05) is 17.9 Å². The molecular weight excluding hydrogens is 575 g/mol. The zero-order chi connectivity index (χ0) is 30.8. The van der Waals surface area contributed by atoms with E-state index in [2.05, 4.69) is 25.6 Å². The van der Waals surface area contributed by atoms with Crippen molar-refractivity contribution in [2.45, 2.75) is 45.1 Å². The quantitative estimate of drug-likeness (QED) is 0.227. The Labute approximate surface area is 252 Å². The summed E-state index contributed by atoms with van der Waals surface area (Å²) in [5, 5.41) is 16.1. The number of aliphatic hydroxyl groups excluding tert-OH is 1. The van der Waals surface area contributed by atoms with Crippen LogP contribution in [0.4, 0.5) is 23.7 Å². The van der Waals surface area contributed by atoms with Crippen molar-refractivity contribution in [1.82, 2.24) is 30.1 Å². The first-order valence-corrected chi connectivity index (χ1v) is 14.6. The van der Waals surface area contributed by atoms with E-state index >= 15 is 0 Å². The number of aromatic amines is 1. The highest BCUT2D eigenvalue weighted by atomic mass is 19.4. The molecular formula is C31H34F3N7O3. The standard InChI is InChI=1S/C31H34F3N7O3/c1-2-19-16-41(30(43)39-22-4-3-20(26(13-22)31(32,33)34)15-40-9-7-35-8-10-40)17-21-11-24(14-37-28(19)21)44-27-5-6-36-29-25(27)12-23(18-42)38-29/h3-6,11-14,19,35,42H,2,7-10,15-18H2,1H3,(H,36,38)(H,39,43)/t19-/m0/s1. The van der Waals surface area contributed by atoms with Crippen LogP contribution in [0.5, 0.6) is 11.5 Å². The molecule has 13 heteroatoms. The monoisotopic (exact) mass is 609 g/mol. The molecule has 44 heavy (non-hydrogen) atoms. The average molecular weight is 610 g/mol. The van der Waals surface area contributed by atoms with Gasteiger partial charge in [0.1, 0.15) is 17.1 Å². The summed E-state index contributed by atoms with van der Waals surface area (Å²) in [7, 11) is 0. The van der Waals surface area contributed by atoms with Crippen molar-refractivity contribution in [2.75, 3.05) is 38.0 Å². The number of rotatable bonds is 7. The molecule has 0 spiro atoms. The number of ether oxygens (including phenoxy) is 1. The number of nitrogens with one attached hydrogen (secondary N) is 3. The number of nitrogens with zero attached hydrogens (tertiary/aromatic N) is 4. The van der Waals surface area contributed by atoms with E-state index in [0.717, 1.165) is 36.8 Å². The summed E-state index contributed by atoms with van der Waals surface area (Å²) in [6, 6.07) is 8.85. The molecule has 1 saturated heterocycles. The van der Waals surface area contributed by atoms with Gasteiger partial charge in [0.05, 0.1) is 29.4 Å². The second-order valence-electron chi connectivity index (χ2n) is 11.2. The SMILES string of the molecule is CC[C@H]1CN(C(=O)Nc2ccc(CN3CCNCC3)c(C(F)(F)F)c2)Cc2cc(Oc3ccnc4[nH]c(CO)cc34)cnc21. The molecule has 0 saturated carbocycles. The maximum Gasteiger partial charge on any atom is 0.416 e. The fourth-order valence-electron chi connectivity index (χ4n) is 5.88. The predicted octanol–water partition coefficient (Wildman–Crippen LogP) is 5.21. The Kier molecular flexibility index (Phi) is 8.43. The van der Waals surface area contributed by atoms with Gasteiger partial charge in [-0.05, 0) is 47.9 Å². The van der Waals surface area contributed by atoms with Crippen molar-refractivity contribution in [1.29, 1.82) is 0 Å². The number of carbonyl (C=O) groups excluding carboxylic acids is 1. The number of anilines is 1. The van der Waals surface area contributed by atoms with E-state index in [9.17, 15) is 23.1 Å². The smallest absolute Gasteiger partial charge is 0.416 e. The first-order chi connectivity index (χ1) is 21.2. The maximum atomic E-state index is 14.0. The Morgan fingerprint density at radius 3 is 2.73 bits per heavy atom. The summed E-state index contributed by atoms with van der Waals surface area (Å²) in [4.78, 5) is 28.9. The van der Waals surface area contributed by atoms with E-state index < -0.39 is 17.8 Å². The Hall–Kier alpha value is -4.20.